The van der Waals surface area contributed by atoms with Crippen molar-refractivity contribution in [3.8, 4) is 5.75 Å². The van der Waals surface area contributed by atoms with E-state index in [1.54, 1.807) is 24.7 Å². The molecule has 1 aromatic heterocycles. The number of benzene rings is 1. The first-order valence-electron chi connectivity index (χ1n) is 5.27. The van der Waals surface area contributed by atoms with E-state index in [4.69, 9.17) is 4.74 Å². The van der Waals surface area contributed by atoms with Gasteiger partial charge in [0, 0.05) is 6.54 Å². The van der Waals surface area contributed by atoms with Crippen LogP contribution in [0.2, 0.25) is 0 Å². The largest absolute Gasteiger partial charge is 0.487 e. The molecule has 3 nitrogen and oxygen atoms in total. The van der Waals surface area contributed by atoms with Crippen molar-refractivity contribution in [1.29, 1.82) is 0 Å². The van der Waals surface area contributed by atoms with Crippen LogP contribution in [0.4, 0.5) is 4.39 Å². The van der Waals surface area contributed by atoms with Gasteiger partial charge in [-0.05, 0) is 41.1 Å². The van der Waals surface area contributed by atoms with E-state index in [1.165, 1.54) is 6.07 Å². The number of aryl methyl sites for hydroxylation is 1. The molecule has 0 bridgehead atoms. The lowest BCUT2D eigenvalue weighted by molar-refractivity contribution is 0.294. The number of hydrogen-bond acceptors (Lipinski definition) is 2. The molecule has 17 heavy (non-hydrogen) atoms. The van der Waals surface area contributed by atoms with Crippen LogP contribution in [-0.2, 0) is 13.2 Å². The molecule has 0 aliphatic rings. The van der Waals surface area contributed by atoms with Gasteiger partial charge >= 0.3 is 0 Å². The van der Waals surface area contributed by atoms with Crippen LogP contribution in [0.15, 0.2) is 35.2 Å². The van der Waals surface area contributed by atoms with Gasteiger partial charge < -0.3 is 9.30 Å². The Morgan fingerprint density at radius 1 is 1.47 bits per heavy atom. The lowest BCUT2D eigenvalue weighted by atomic mass is 10.3. The maximum atomic E-state index is 13.0. The Hall–Kier alpha value is -1.36. The Balaban J connectivity index is 2.05. The van der Waals surface area contributed by atoms with Gasteiger partial charge in [0.1, 0.15) is 18.2 Å². The Kier molecular flexibility index (Phi) is 3.78. The van der Waals surface area contributed by atoms with Crippen molar-refractivity contribution in [2.75, 3.05) is 0 Å². The molecule has 0 saturated heterocycles. The van der Waals surface area contributed by atoms with E-state index in [1.807, 2.05) is 11.5 Å². The standard InChI is InChI=1S/C12H12BrFN2O/c1-2-16-8-15-6-9(16)7-17-10-3-4-12(14)11(13)5-10/h3-6,8H,2,7H2,1H3. The molecule has 5 heteroatoms. The monoisotopic (exact) mass is 298 g/mol. The van der Waals surface area contributed by atoms with E-state index in [-0.39, 0.29) is 5.82 Å². The SMILES string of the molecule is CCn1cncc1COc1ccc(F)c(Br)c1. The Morgan fingerprint density at radius 3 is 3.00 bits per heavy atom. The fourth-order valence-corrected chi connectivity index (χ4v) is 1.83. The molecule has 0 unspecified atom stereocenters. The fraction of sp³-hybridized carbons (Fsp3) is 0.250. The molecule has 0 aliphatic carbocycles. The number of imidazole rings is 1. The molecule has 0 amide bonds. The summed E-state index contributed by atoms with van der Waals surface area (Å²) in [5.74, 6) is 0.332. The number of hydrogen-bond donors (Lipinski definition) is 0. The van der Waals surface area contributed by atoms with Gasteiger partial charge in [-0.3, -0.25) is 0 Å². The second kappa shape index (κ2) is 5.31. The summed E-state index contributed by atoms with van der Waals surface area (Å²) in [4.78, 5) is 4.05. The van der Waals surface area contributed by atoms with Crippen LogP contribution < -0.4 is 4.74 Å². The third-order valence-electron chi connectivity index (χ3n) is 2.42. The number of rotatable bonds is 4. The molecular formula is C12H12BrFN2O. The molecule has 1 aromatic carbocycles. The van der Waals surface area contributed by atoms with Crippen LogP contribution in [0.25, 0.3) is 0 Å². The molecule has 2 rings (SSSR count). The van der Waals surface area contributed by atoms with Gasteiger partial charge in [0.05, 0.1) is 22.7 Å². The van der Waals surface area contributed by atoms with E-state index in [0.29, 0.717) is 16.8 Å². The predicted octanol–water partition coefficient (Wildman–Crippen LogP) is 3.38. The number of nitrogens with zero attached hydrogens (tertiary/aromatic N) is 2. The van der Waals surface area contributed by atoms with Crippen LogP contribution in [0.3, 0.4) is 0 Å². The Morgan fingerprint density at radius 2 is 2.29 bits per heavy atom. The average molecular weight is 299 g/mol. The van der Waals surface area contributed by atoms with Crippen LogP contribution in [-0.4, -0.2) is 9.55 Å². The van der Waals surface area contributed by atoms with Gasteiger partial charge in [-0.2, -0.15) is 0 Å². The van der Waals surface area contributed by atoms with Gasteiger partial charge in [-0.15, -0.1) is 0 Å². The number of halogens is 2. The summed E-state index contributed by atoms with van der Waals surface area (Å²) in [6, 6.07) is 4.59. The van der Waals surface area contributed by atoms with E-state index in [2.05, 4.69) is 20.9 Å². The number of ether oxygens (including phenoxy) is 1. The van der Waals surface area contributed by atoms with Crippen LogP contribution >= 0.6 is 15.9 Å². The van der Waals surface area contributed by atoms with Crippen molar-refractivity contribution in [2.45, 2.75) is 20.1 Å². The number of aromatic nitrogens is 2. The van der Waals surface area contributed by atoms with Gasteiger partial charge in [-0.1, -0.05) is 0 Å². The van der Waals surface area contributed by atoms with Gasteiger partial charge in [-0.25, -0.2) is 9.37 Å². The van der Waals surface area contributed by atoms with Crippen LogP contribution in [0.1, 0.15) is 12.6 Å². The summed E-state index contributed by atoms with van der Waals surface area (Å²) in [6.07, 6.45) is 3.53. The topological polar surface area (TPSA) is 27.1 Å². The molecule has 1 heterocycles. The molecular weight excluding hydrogens is 287 g/mol. The van der Waals surface area contributed by atoms with Gasteiger partial charge in [0.2, 0.25) is 0 Å². The summed E-state index contributed by atoms with van der Waals surface area (Å²) in [5, 5.41) is 0. The zero-order valence-electron chi connectivity index (χ0n) is 9.36. The molecule has 0 fully saturated rings. The van der Waals surface area contributed by atoms with Crippen molar-refractivity contribution in [2.24, 2.45) is 0 Å². The molecule has 2 aromatic rings. The third-order valence-corrected chi connectivity index (χ3v) is 3.02. The van der Waals surface area contributed by atoms with Crippen molar-refractivity contribution in [1.82, 2.24) is 9.55 Å². The predicted molar refractivity (Wildman–Crippen MR) is 66.3 cm³/mol. The molecule has 0 saturated carbocycles. The normalized spacial score (nSPS) is 10.5. The Bertz CT molecular complexity index is 513. The quantitative estimate of drug-likeness (QED) is 0.865. The molecule has 90 valence electrons. The first kappa shape index (κ1) is 12.1. The van der Waals surface area contributed by atoms with Crippen LogP contribution in [0.5, 0.6) is 5.75 Å². The molecule has 0 N–H and O–H groups in total. The summed E-state index contributed by atoms with van der Waals surface area (Å²) in [6.45, 7) is 3.32. The van der Waals surface area contributed by atoms with Crippen molar-refractivity contribution in [3.63, 3.8) is 0 Å². The molecule has 0 aliphatic heterocycles. The lowest BCUT2D eigenvalue weighted by Gasteiger charge is -2.08. The Labute approximate surface area is 107 Å². The van der Waals surface area contributed by atoms with Crippen molar-refractivity contribution in [3.05, 3.63) is 46.7 Å². The maximum absolute atomic E-state index is 13.0. The highest BCUT2D eigenvalue weighted by Crippen LogP contribution is 2.22. The zero-order valence-corrected chi connectivity index (χ0v) is 10.9. The average Bonchev–Trinajstić information content (AvgIpc) is 2.78. The summed E-state index contributed by atoms with van der Waals surface area (Å²) in [5.41, 5.74) is 0.993. The highest BCUT2D eigenvalue weighted by Gasteiger charge is 2.04. The highest BCUT2D eigenvalue weighted by atomic mass is 79.9. The third kappa shape index (κ3) is 2.85. The van der Waals surface area contributed by atoms with E-state index in [0.717, 1.165) is 12.2 Å². The minimum absolute atomic E-state index is 0.295. The van der Waals surface area contributed by atoms with Crippen molar-refractivity contribution < 1.29 is 9.13 Å². The molecule has 0 atom stereocenters. The zero-order chi connectivity index (χ0) is 12.3. The van der Waals surface area contributed by atoms with E-state index >= 15 is 0 Å². The second-order valence-electron chi connectivity index (χ2n) is 3.54. The summed E-state index contributed by atoms with van der Waals surface area (Å²) >= 11 is 3.12. The minimum Gasteiger partial charge on any atom is -0.487 e. The van der Waals surface area contributed by atoms with Gasteiger partial charge in [0.25, 0.3) is 0 Å². The molecule has 0 spiro atoms. The summed E-state index contributed by atoms with van der Waals surface area (Å²) in [7, 11) is 0. The van der Waals surface area contributed by atoms with Crippen molar-refractivity contribution >= 4 is 15.9 Å². The first-order chi connectivity index (χ1) is 8.20. The van der Waals surface area contributed by atoms with Crippen LogP contribution in [0, 0.1) is 5.82 Å². The second-order valence-corrected chi connectivity index (χ2v) is 4.39. The summed E-state index contributed by atoms with van der Waals surface area (Å²) < 4.78 is 21.0. The first-order valence-corrected chi connectivity index (χ1v) is 6.07. The smallest absolute Gasteiger partial charge is 0.137 e. The van der Waals surface area contributed by atoms with Gasteiger partial charge in [0.15, 0.2) is 0 Å². The highest BCUT2D eigenvalue weighted by molar-refractivity contribution is 9.10. The maximum Gasteiger partial charge on any atom is 0.137 e. The minimum atomic E-state index is -0.295. The van der Waals surface area contributed by atoms with E-state index < -0.39 is 0 Å². The lowest BCUT2D eigenvalue weighted by Crippen LogP contribution is -2.03. The fourth-order valence-electron chi connectivity index (χ4n) is 1.48. The van der Waals surface area contributed by atoms with E-state index in [9.17, 15) is 4.39 Å². The molecule has 0 radical (unpaired) electrons.